The lowest BCUT2D eigenvalue weighted by atomic mass is 9.63. The summed E-state index contributed by atoms with van der Waals surface area (Å²) in [5.74, 6) is 0.118. The maximum atomic E-state index is 13.2. The molecule has 5 heteroatoms. The number of aromatic nitrogens is 2. The number of H-pyrrole nitrogens is 1. The van der Waals surface area contributed by atoms with Crippen LogP contribution in [0.3, 0.4) is 0 Å². The Morgan fingerprint density at radius 3 is 2.61 bits per heavy atom. The second kappa shape index (κ2) is 7.77. The Morgan fingerprint density at radius 1 is 1.00 bits per heavy atom. The van der Waals surface area contributed by atoms with Gasteiger partial charge in [-0.2, -0.15) is 0 Å². The zero-order chi connectivity index (χ0) is 22.4. The van der Waals surface area contributed by atoms with Crippen LogP contribution >= 0.6 is 0 Å². The minimum absolute atomic E-state index is 0.118. The molecule has 1 aromatic heterocycles. The molecule has 5 nitrogen and oxygen atoms in total. The third kappa shape index (κ3) is 3.39. The number of fused-ring (bicyclic) bond motifs is 1. The van der Waals surface area contributed by atoms with Gasteiger partial charge in [0.1, 0.15) is 0 Å². The number of amides is 1. The second-order valence-corrected chi connectivity index (χ2v) is 9.57. The summed E-state index contributed by atoms with van der Waals surface area (Å²) < 4.78 is 0. The number of nitrogens with one attached hydrogen (secondary N) is 1. The zero-order valence-electron chi connectivity index (χ0n) is 18.9. The van der Waals surface area contributed by atoms with Gasteiger partial charge in [-0.15, -0.1) is 0 Å². The lowest BCUT2D eigenvalue weighted by Crippen LogP contribution is -2.62. The number of hydrogen-bond donors (Lipinski definition) is 1. The Balaban J connectivity index is 1.23. The standard InChI is InChI=1S/C28H28N4O/c1-20-6-5-9-23(16-20)32-18-28(26(32)21-7-3-2-4-8-21)12-14-31(15-13-28)27(33)22-10-11-24-25(17-22)30-19-29-24/h2-11,16-17,19,26H,12-15,18H2,1H3,(H,29,30). The van der Waals surface area contributed by atoms with Gasteiger partial charge in [0.05, 0.1) is 23.4 Å². The Labute approximate surface area is 194 Å². The van der Waals surface area contributed by atoms with E-state index in [1.54, 1.807) is 6.33 Å². The molecule has 2 fully saturated rings. The summed E-state index contributed by atoms with van der Waals surface area (Å²) in [6.45, 7) is 4.79. The number of hydrogen-bond acceptors (Lipinski definition) is 3. The minimum Gasteiger partial charge on any atom is -0.363 e. The van der Waals surface area contributed by atoms with E-state index in [4.69, 9.17) is 0 Å². The summed E-state index contributed by atoms with van der Waals surface area (Å²) in [5.41, 5.74) is 6.68. The third-order valence-electron chi connectivity index (χ3n) is 7.54. The van der Waals surface area contributed by atoms with E-state index in [1.807, 2.05) is 23.1 Å². The molecule has 33 heavy (non-hydrogen) atoms. The molecule has 0 saturated carbocycles. The van der Waals surface area contributed by atoms with Gasteiger partial charge in [-0.3, -0.25) is 4.79 Å². The van der Waals surface area contributed by atoms with Crippen molar-refractivity contribution in [2.45, 2.75) is 25.8 Å². The van der Waals surface area contributed by atoms with Gasteiger partial charge in [0.2, 0.25) is 0 Å². The van der Waals surface area contributed by atoms with Gasteiger partial charge in [-0.1, -0.05) is 42.5 Å². The maximum absolute atomic E-state index is 13.2. The molecule has 6 rings (SSSR count). The van der Waals surface area contributed by atoms with Gasteiger partial charge in [-0.25, -0.2) is 4.98 Å². The van der Waals surface area contributed by atoms with Crippen LogP contribution in [0.25, 0.3) is 11.0 Å². The van der Waals surface area contributed by atoms with Gasteiger partial charge in [0.15, 0.2) is 0 Å². The summed E-state index contributed by atoms with van der Waals surface area (Å²) in [6.07, 6.45) is 3.71. The quantitative estimate of drug-likeness (QED) is 0.471. The number of aromatic amines is 1. The van der Waals surface area contributed by atoms with Crippen molar-refractivity contribution in [3.05, 3.63) is 95.8 Å². The van der Waals surface area contributed by atoms with E-state index in [9.17, 15) is 4.79 Å². The van der Waals surface area contributed by atoms with E-state index < -0.39 is 0 Å². The number of carbonyl (C=O) groups excluding carboxylic acids is 1. The highest BCUT2D eigenvalue weighted by Gasteiger charge is 2.54. The van der Waals surface area contributed by atoms with Crippen LogP contribution in [0.15, 0.2) is 79.1 Å². The summed E-state index contributed by atoms with van der Waals surface area (Å²) in [5, 5.41) is 0. The molecule has 2 aliphatic heterocycles. The Morgan fingerprint density at radius 2 is 1.82 bits per heavy atom. The highest BCUT2D eigenvalue weighted by atomic mass is 16.2. The van der Waals surface area contributed by atoms with Crippen molar-refractivity contribution in [1.29, 1.82) is 0 Å². The van der Waals surface area contributed by atoms with Gasteiger partial charge in [-0.05, 0) is 61.2 Å². The van der Waals surface area contributed by atoms with Crippen LogP contribution in [0.2, 0.25) is 0 Å². The van der Waals surface area contributed by atoms with Crippen molar-refractivity contribution in [2.24, 2.45) is 5.41 Å². The number of nitrogens with zero attached hydrogens (tertiary/aromatic N) is 3. The molecule has 4 aromatic rings. The number of carbonyl (C=O) groups is 1. The van der Waals surface area contributed by atoms with E-state index in [0.29, 0.717) is 6.04 Å². The summed E-state index contributed by atoms with van der Waals surface area (Å²) >= 11 is 0. The average molecular weight is 437 g/mol. The van der Waals surface area contributed by atoms with E-state index in [-0.39, 0.29) is 11.3 Å². The minimum atomic E-state index is 0.118. The predicted octanol–water partition coefficient (Wildman–Crippen LogP) is 5.36. The van der Waals surface area contributed by atoms with Gasteiger partial charge >= 0.3 is 0 Å². The van der Waals surface area contributed by atoms with Crippen molar-refractivity contribution in [1.82, 2.24) is 14.9 Å². The fourth-order valence-corrected chi connectivity index (χ4v) is 5.79. The number of piperidine rings is 1. The molecule has 1 unspecified atom stereocenters. The molecule has 0 bridgehead atoms. The third-order valence-corrected chi connectivity index (χ3v) is 7.54. The number of imidazole rings is 1. The normalized spacial score (nSPS) is 19.6. The van der Waals surface area contributed by atoms with Crippen LogP contribution in [0, 0.1) is 12.3 Å². The second-order valence-electron chi connectivity index (χ2n) is 9.57. The first kappa shape index (κ1) is 20.0. The molecule has 1 atom stereocenters. The van der Waals surface area contributed by atoms with E-state index in [1.165, 1.54) is 16.8 Å². The fraction of sp³-hybridized carbons (Fsp3) is 0.286. The van der Waals surface area contributed by atoms with Crippen molar-refractivity contribution >= 4 is 22.6 Å². The van der Waals surface area contributed by atoms with E-state index in [2.05, 4.69) is 76.4 Å². The summed E-state index contributed by atoms with van der Waals surface area (Å²) in [7, 11) is 0. The molecule has 0 radical (unpaired) electrons. The molecule has 1 N–H and O–H groups in total. The average Bonchev–Trinajstić information content (AvgIpc) is 3.31. The smallest absolute Gasteiger partial charge is 0.253 e. The van der Waals surface area contributed by atoms with Crippen molar-refractivity contribution in [3.63, 3.8) is 0 Å². The maximum Gasteiger partial charge on any atom is 0.253 e. The molecule has 3 aromatic carbocycles. The first-order valence-electron chi connectivity index (χ1n) is 11.7. The SMILES string of the molecule is Cc1cccc(N2CC3(CCN(C(=O)c4ccc5nc[nH]c5c4)CC3)C2c2ccccc2)c1. The van der Waals surface area contributed by atoms with Crippen LogP contribution in [0.5, 0.6) is 0 Å². The Bertz CT molecular complexity index is 1300. The first-order chi connectivity index (χ1) is 16.1. The van der Waals surface area contributed by atoms with Crippen LogP contribution in [0.4, 0.5) is 5.69 Å². The molecule has 0 aliphatic carbocycles. The van der Waals surface area contributed by atoms with Crippen molar-refractivity contribution < 1.29 is 4.79 Å². The van der Waals surface area contributed by atoms with Crippen molar-refractivity contribution in [3.8, 4) is 0 Å². The monoisotopic (exact) mass is 436 g/mol. The molecule has 2 saturated heterocycles. The van der Waals surface area contributed by atoms with Crippen LogP contribution in [-0.4, -0.2) is 40.4 Å². The summed E-state index contributed by atoms with van der Waals surface area (Å²) in [6, 6.07) is 25.8. The number of benzene rings is 3. The Hall–Kier alpha value is -3.60. The van der Waals surface area contributed by atoms with Gasteiger partial charge in [0.25, 0.3) is 5.91 Å². The highest BCUT2D eigenvalue weighted by molar-refractivity contribution is 5.97. The summed E-state index contributed by atoms with van der Waals surface area (Å²) in [4.78, 5) is 25.2. The zero-order valence-corrected chi connectivity index (χ0v) is 18.9. The largest absolute Gasteiger partial charge is 0.363 e. The van der Waals surface area contributed by atoms with Gasteiger partial charge < -0.3 is 14.8 Å². The topological polar surface area (TPSA) is 52.2 Å². The van der Waals surface area contributed by atoms with Crippen LogP contribution < -0.4 is 4.90 Å². The lowest BCUT2D eigenvalue weighted by molar-refractivity contribution is 0.0271. The van der Waals surface area contributed by atoms with E-state index >= 15 is 0 Å². The number of likely N-dealkylation sites (tertiary alicyclic amines) is 1. The first-order valence-corrected chi connectivity index (χ1v) is 11.7. The number of aryl methyl sites for hydroxylation is 1. The number of anilines is 1. The van der Waals surface area contributed by atoms with E-state index in [0.717, 1.165) is 49.1 Å². The van der Waals surface area contributed by atoms with Gasteiger partial charge in [0, 0.05) is 36.3 Å². The fourth-order valence-electron chi connectivity index (χ4n) is 5.79. The molecule has 3 heterocycles. The Kier molecular flexibility index (Phi) is 4.72. The molecular weight excluding hydrogens is 408 g/mol. The highest BCUT2D eigenvalue weighted by Crippen LogP contribution is 2.56. The van der Waals surface area contributed by atoms with Crippen LogP contribution in [0.1, 0.15) is 40.4 Å². The lowest BCUT2D eigenvalue weighted by Gasteiger charge is -2.61. The molecular formula is C28H28N4O. The predicted molar refractivity (Wildman–Crippen MR) is 131 cm³/mol. The molecule has 1 spiro atoms. The van der Waals surface area contributed by atoms with Crippen LogP contribution in [-0.2, 0) is 0 Å². The molecule has 166 valence electrons. The molecule has 2 aliphatic rings. The number of rotatable bonds is 3. The molecule has 1 amide bonds. The van der Waals surface area contributed by atoms with Crippen molar-refractivity contribution in [2.75, 3.05) is 24.5 Å².